The van der Waals surface area contributed by atoms with Gasteiger partial charge >= 0.3 is 0 Å². The van der Waals surface area contributed by atoms with Gasteiger partial charge < -0.3 is 11.1 Å². The van der Waals surface area contributed by atoms with Gasteiger partial charge in [-0.25, -0.2) is 0 Å². The molecule has 3 N–H and O–H groups in total. The van der Waals surface area contributed by atoms with Crippen molar-refractivity contribution in [3.8, 4) is 0 Å². The molecule has 1 saturated carbocycles. The molecule has 2 rings (SSSR count). The van der Waals surface area contributed by atoms with Gasteiger partial charge in [0.05, 0.1) is 6.04 Å². The quantitative estimate of drug-likeness (QED) is 0.828. The van der Waals surface area contributed by atoms with E-state index in [4.69, 9.17) is 5.73 Å². The second-order valence-electron chi connectivity index (χ2n) is 5.86. The molecule has 0 aromatic heterocycles. The van der Waals surface area contributed by atoms with E-state index in [1.807, 2.05) is 19.1 Å². The molecular formula is C17H26N2O. The SMILES string of the molecule is CC(NC(=O)C1CCCCCC1)c1ccc(CN)cc1. The summed E-state index contributed by atoms with van der Waals surface area (Å²) in [6, 6.07) is 8.24. The lowest BCUT2D eigenvalue weighted by atomic mass is 9.98. The van der Waals surface area contributed by atoms with Crippen molar-refractivity contribution in [1.82, 2.24) is 5.32 Å². The van der Waals surface area contributed by atoms with Crippen LogP contribution in [0.15, 0.2) is 24.3 Å². The fraction of sp³-hybridized carbons (Fsp3) is 0.588. The molecule has 1 unspecified atom stereocenters. The van der Waals surface area contributed by atoms with Crippen molar-refractivity contribution >= 4 is 5.91 Å². The largest absolute Gasteiger partial charge is 0.349 e. The van der Waals surface area contributed by atoms with Gasteiger partial charge in [-0.05, 0) is 30.9 Å². The van der Waals surface area contributed by atoms with Crippen LogP contribution in [-0.4, -0.2) is 5.91 Å². The highest BCUT2D eigenvalue weighted by molar-refractivity contribution is 5.79. The normalized spacial score (nSPS) is 18.3. The Morgan fingerprint density at radius 1 is 1.20 bits per heavy atom. The third-order valence-corrected chi connectivity index (χ3v) is 4.30. The van der Waals surface area contributed by atoms with Crippen molar-refractivity contribution in [2.75, 3.05) is 0 Å². The summed E-state index contributed by atoms with van der Waals surface area (Å²) in [7, 11) is 0. The Bertz CT molecular complexity index is 419. The minimum absolute atomic E-state index is 0.0672. The van der Waals surface area contributed by atoms with E-state index in [1.54, 1.807) is 0 Å². The average molecular weight is 274 g/mol. The number of benzene rings is 1. The van der Waals surface area contributed by atoms with Crippen LogP contribution in [-0.2, 0) is 11.3 Å². The zero-order valence-corrected chi connectivity index (χ0v) is 12.4. The van der Waals surface area contributed by atoms with Gasteiger partial charge in [-0.1, -0.05) is 49.9 Å². The summed E-state index contributed by atoms with van der Waals surface area (Å²) in [6.45, 7) is 2.61. The monoisotopic (exact) mass is 274 g/mol. The number of nitrogens with one attached hydrogen (secondary N) is 1. The molecule has 20 heavy (non-hydrogen) atoms. The zero-order valence-electron chi connectivity index (χ0n) is 12.4. The van der Waals surface area contributed by atoms with Crippen LogP contribution in [0.1, 0.15) is 62.6 Å². The van der Waals surface area contributed by atoms with Crippen LogP contribution in [0, 0.1) is 5.92 Å². The van der Waals surface area contributed by atoms with Gasteiger partial charge in [0, 0.05) is 12.5 Å². The summed E-state index contributed by atoms with van der Waals surface area (Å²) in [5, 5.41) is 3.16. The molecule has 1 aliphatic rings. The summed E-state index contributed by atoms with van der Waals surface area (Å²) in [5.74, 6) is 0.436. The van der Waals surface area contributed by atoms with E-state index in [2.05, 4.69) is 17.4 Å². The maximum atomic E-state index is 12.3. The number of nitrogens with two attached hydrogens (primary N) is 1. The molecule has 1 atom stereocenters. The molecule has 1 aromatic rings. The highest BCUT2D eigenvalue weighted by atomic mass is 16.1. The number of rotatable bonds is 4. The predicted molar refractivity (Wildman–Crippen MR) is 82.1 cm³/mol. The Balaban J connectivity index is 1.91. The first-order chi connectivity index (χ1) is 9.70. The molecule has 0 saturated heterocycles. The number of hydrogen-bond donors (Lipinski definition) is 2. The molecule has 0 heterocycles. The average Bonchev–Trinajstić information content (AvgIpc) is 2.76. The minimum atomic E-state index is 0.0672. The number of amides is 1. The maximum absolute atomic E-state index is 12.3. The fourth-order valence-electron chi connectivity index (χ4n) is 2.90. The fourth-order valence-corrected chi connectivity index (χ4v) is 2.90. The van der Waals surface area contributed by atoms with Gasteiger partial charge in [-0.15, -0.1) is 0 Å². The molecule has 1 aliphatic carbocycles. The van der Waals surface area contributed by atoms with Gasteiger partial charge in [0.15, 0.2) is 0 Å². The molecular weight excluding hydrogens is 248 g/mol. The lowest BCUT2D eigenvalue weighted by Crippen LogP contribution is -2.32. The summed E-state index contributed by atoms with van der Waals surface area (Å²) in [5.41, 5.74) is 7.86. The highest BCUT2D eigenvalue weighted by Gasteiger charge is 2.21. The Kier molecular flexibility index (Phi) is 5.60. The molecule has 1 aromatic carbocycles. The van der Waals surface area contributed by atoms with Crippen LogP contribution < -0.4 is 11.1 Å². The third-order valence-electron chi connectivity index (χ3n) is 4.30. The van der Waals surface area contributed by atoms with Crippen LogP contribution in [0.2, 0.25) is 0 Å². The van der Waals surface area contributed by atoms with Gasteiger partial charge in [-0.3, -0.25) is 4.79 Å². The van der Waals surface area contributed by atoms with E-state index in [0.29, 0.717) is 6.54 Å². The summed E-state index contributed by atoms with van der Waals surface area (Å²) < 4.78 is 0. The Morgan fingerprint density at radius 2 is 1.80 bits per heavy atom. The van der Waals surface area contributed by atoms with E-state index in [1.165, 1.54) is 25.7 Å². The standard InChI is InChI=1S/C17H26N2O/c1-13(15-10-8-14(12-18)9-11-15)19-17(20)16-6-4-2-3-5-7-16/h8-11,13,16H,2-7,12,18H2,1H3,(H,19,20). The van der Waals surface area contributed by atoms with Crippen LogP contribution in [0.5, 0.6) is 0 Å². The van der Waals surface area contributed by atoms with Gasteiger partial charge in [-0.2, -0.15) is 0 Å². The lowest BCUT2D eigenvalue weighted by Gasteiger charge is -2.19. The van der Waals surface area contributed by atoms with Crippen LogP contribution in [0.4, 0.5) is 0 Å². The second kappa shape index (κ2) is 7.44. The minimum Gasteiger partial charge on any atom is -0.349 e. The van der Waals surface area contributed by atoms with Gasteiger partial charge in [0.2, 0.25) is 5.91 Å². The first-order valence-electron chi connectivity index (χ1n) is 7.80. The van der Waals surface area contributed by atoms with E-state index in [-0.39, 0.29) is 17.9 Å². The predicted octanol–water partition coefficient (Wildman–Crippen LogP) is 3.29. The van der Waals surface area contributed by atoms with E-state index in [0.717, 1.165) is 24.0 Å². The molecule has 0 spiro atoms. The first-order valence-corrected chi connectivity index (χ1v) is 7.80. The molecule has 3 nitrogen and oxygen atoms in total. The number of hydrogen-bond acceptors (Lipinski definition) is 2. The van der Waals surface area contributed by atoms with Crippen LogP contribution >= 0.6 is 0 Å². The molecule has 0 radical (unpaired) electrons. The molecule has 0 bridgehead atoms. The van der Waals surface area contributed by atoms with Crippen molar-refractivity contribution < 1.29 is 4.79 Å². The smallest absolute Gasteiger partial charge is 0.223 e. The third kappa shape index (κ3) is 4.07. The van der Waals surface area contributed by atoms with Crippen LogP contribution in [0.25, 0.3) is 0 Å². The molecule has 0 aliphatic heterocycles. The Hall–Kier alpha value is -1.35. The molecule has 3 heteroatoms. The van der Waals surface area contributed by atoms with E-state index in [9.17, 15) is 4.79 Å². The van der Waals surface area contributed by atoms with Crippen molar-refractivity contribution in [1.29, 1.82) is 0 Å². The van der Waals surface area contributed by atoms with Crippen molar-refractivity contribution in [3.05, 3.63) is 35.4 Å². The first kappa shape index (κ1) is 15.0. The Morgan fingerprint density at radius 3 is 2.35 bits per heavy atom. The van der Waals surface area contributed by atoms with Crippen molar-refractivity contribution in [3.63, 3.8) is 0 Å². The topological polar surface area (TPSA) is 55.1 Å². The van der Waals surface area contributed by atoms with E-state index >= 15 is 0 Å². The Labute approximate surface area is 121 Å². The molecule has 110 valence electrons. The second-order valence-corrected chi connectivity index (χ2v) is 5.86. The zero-order chi connectivity index (χ0) is 14.4. The molecule has 1 fully saturated rings. The lowest BCUT2D eigenvalue weighted by molar-refractivity contribution is -0.126. The number of carbonyl (C=O) groups is 1. The summed E-state index contributed by atoms with van der Waals surface area (Å²) in [6.07, 6.45) is 7.03. The summed E-state index contributed by atoms with van der Waals surface area (Å²) in [4.78, 5) is 12.3. The van der Waals surface area contributed by atoms with Crippen LogP contribution in [0.3, 0.4) is 0 Å². The van der Waals surface area contributed by atoms with E-state index < -0.39 is 0 Å². The van der Waals surface area contributed by atoms with Gasteiger partial charge in [0.25, 0.3) is 0 Å². The molecule has 1 amide bonds. The maximum Gasteiger partial charge on any atom is 0.223 e. The number of carbonyl (C=O) groups excluding carboxylic acids is 1. The van der Waals surface area contributed by atoms with Crippen molar-refractivity contribution in [2.24, 2.45) is 11.7 Å². The van der Waals surface area contributed by atoms with Crippen molar-refractivity contribution in [2.45, 2.75) is 58.0 Å². The summed E-state index contributed by atoms with van der Waals surface area (Å²) >= 11 is 0. The highest BCUT2D eigenvalue weighted by Crippen LogP contribution is 2.24. The van der Waals surface area contributed by atoms with Gasteiger partial charge in [0.1, 0.15) is 0 Å².